The van der Waals surface area contributed by atoms with Crippen LogP contribution in [0, 0.1) is 0 Å². The minimum absolute atomic E-state index is 0.135. The Labute approximate surface area is 224 Å². The molecular weight excluding hydrogens is 504 g/mol. The molecule has 1 N–H and O–H groups in total. The fourth-order valence-electron chi connectivity index (χ4n) is 5.46. The molecule has 0 spiro atoms. The Balaban J connectivity index is 1.61. The van der Waals surface area contributed by atoms with Crippen molar-refractivity contribution in [3.63, 3.8) is 0 Å². The summed E-state index contributed by atoms with van der Waals surface area (Å²) in [5, 5.41) is 1.05. The van der Waals surface area contributed by atoms with E-state index in [4.69, 9.17) is 28.4 Å². The number of hydrogen-bond donors (Lipinski definition) is 1. The van der Waals surface area contributed by atoms with E-state index in [1.165, 1.54) is 0 Å². The van der Waals surface area contributed by atoms with E-state index < -0.39 is 12.3 Å². The maximum atomic E-state index is 12.6. The topological polar surface area (TPSA) is 110 Å². The molecule has 202 valence electrons. The predicted octanol–water partition coefficient (Wildman–Crippen LogP) is 5.87. The number of hydrogen-bond acceptors (Lipinski definition) is 8. The molecule has 2 aliphatic rings. The third-order valence-corrected chi connectivity index (χ3v) is 6.98. The summed E-state index contributed by atoms with van der Waals surface area (Å²) < 4.78 is 34.9. The van der Waals surface area contributed by atoms with Crippen LogP contribution in [0.3, 0.4) is 0 Å². The Morgan fingerprint density at radius 2 is 1.67 bits per heavy atom. The lowest BCUT2D eigenvalue weighted by molar-refractivity contribution is 0.0939. The van der Waals surface area contributed by atoms with E-state index in [0.29, 0.717) is 35.7 Å². The average Bonchev–Trinajstić information content (AvgIpc) is 3.62. The van der Waals surface area contributed by atoms with Gasteiger partial charge in [-0.3, -0.25) is 0 Å². The summed E-state index contributed by atoms with van der Waals surface area (Å²) >= 11 is 0. The molecule has 10 nitrogen and oxygen atoms in total. The van der Waals surface area contributed by atoms with Crippen LogP contribution < -0.4 is 18.9 Å². The van der Waals surface area contributed by atoms with Crippen LogP contribution in [0.2, 0.25) is 0 Å². The van der Waals surface area contributed by atoms with Crippen molar-refractivity contribution in [2.24, 2.45) is 0 Å². The number of aromatic amines is 1. The van der Waals surface area contributed by atoms with Crippen LogP contribution in [0.1, 0.15) is 55.0 Å². The van der Waals surface area contributed by atoms with E-state index in [-0.39, 0.29) is 37.5 Å². The van der Waals surface area contributed by atoms with Gasteiger partial charge in [0.1, 0.15) is 0 Å². The standard InChI is InChI=1S/C29H28N2O8/c1-4-20-26(38-28(32)34-5-2)27(39-29(33)35-6-3)21-14-18-17-9-7-8-10-19(17)30-24(18)25(31(20)21)16-11-12-22-23(13-16)37-15-36-22/h7-13,25,30H,4-6,14-15H2,1-3H3. The SMILES string of the molecule is CCOC(=O)Oc1c(OC(=O)OCC)c2n(c1CC)C(c1ccc3c(c1)OCO3)c1[nH]c3ccccc3c1C2. The molecule has 4 heterocycles. The van der Waals surface area contributed by atoms with E-state index in [1.54, 1.807) is 13.8 Å². The number of H-pyrrole nitrogens is 1. The monoisotopic (exact) mass is 532 g/mol. The number of rotatable bonds is 6. The van der Waals surface area contributed by atoms with Crippen LogP contribution in [0.5, 0.6) is 23.0 Å². The lowest BCUT2D eigenvalue weighted by Gasteiger charge is -2.29. The summed E-state index contributed by atoms with van der Waals surface area (Å²) in [6.07, 6.45) is -0.863. The van der Waals surface area contributed by atoms with Crippen LogP contribution in [0.15, 0.2) is 42.5 Å². The molecule has 0 bridgehead atoms. The largest absolute Gasteiger partial charge is 0.514 e. The Morgan fingerprint density at radius 3 is 2.41 bits per heavy atom. The molecule has 0 aliphatic carbocycles. The minimum atomic E-state index is -0.883. The molecule has 1 atom stereocenters. The van der Waals surface area contributed by atoms with Crippen molar-refractivity contribution >= 4 is 23.2 Å². The average molecular weight is 533 g/mol. The van der Waals surface area contributed by atoms with Gasteiger partial charge in [0.15, 0.2) is 23.0 Å². The second-order valence-corrected chi connectivity index (χ2v) is 9.10. The smallest absolute Gasteiger partial charge is 0.454 e. The van der Waals surface area contributed by atoms with Gasteiger partial charge >= 0.3 is 12.3 Å². The molecule has 0 saturated carbocycles. The van der Waals surface area contributed by atoms with Gasteiger partial charge < -0.3 is 38.0 Å². The summed E-state index contributed by atoms with van der Waals surface area (Å²) in [5.41, 5.74) is 5.30. The Hall–Kier alpha value is -4.60. The second-order valence-electron chi connectivity index (χ2n) is 9.10. The Morgan fingerprint density at radius 1 is 0.949 bits per heavy atom. The van der Waals surface area contributed by atoms with Crippen LogP contribution in [-0.2, 0) is 22.3 Å². The summed E-state index contributed by atoms with van der Waals surface area (Å²) in [6.45, 7) is 5.76. The zero-order chi connectivity index (χ0) is 27.1. The lowest BCUT2D eigenvalue weighted by Crippen LogP contribution is -2.24. The number of ether oxygens (including phenoxy) is 6. The molecule has 4 aromatic rings. The Bertz CT molecular complexity index is 1580. The molecule has 2 aromatic heterocycles. The number of carbonyl (C=O) groups excluding carboxylic acids is 2. The first-order valence-corrected chi connectivity index (χ1v) is 13.0. The van der Waals surface area contributed by atoms with Gasteiger partial charge in [0.25, 0.3) is 0 Å². The molecule has 39 heavy (non-hydrogen) atoms. The van der Waals surface area contributed by atoms with Crippen LogP contribution in [0.25, 0.3) is 10.9 Å². The normalized spacial score (nSPS) is 15.0. The van der Waals surface area contributed by atoms with Crippen molar-refractivity contribution in [2.75, 3.05) is 20.0 Å². The fraction of sp³-hybridized carbons (Fsp3) is 0.310. The van der Waals surface area contributed by atoms with Gasteiger partial charge in [-0.25, -0.2) is 9.59 Å². The second kappa shape index (κ2) is 9.94. The van der Waals surface area contributed by atoms with Crippen molar-refractivity contribution < 1.29 is 38.0 Å². The molecule has 6 rings (SSSR count). The fourth-order valence-corrected chi connectivity index (χ4v) is 5.46. The zero-order valence-corrected chi connectivity index (χ0v) is 21.9. The van der Waals surface area contributed by atoms with Gasteiger partial charge in [-0.2, -0.15) is 0 Å². The number of aromatic nitrogens is 2. The number of nitrogens with one attached hydrogen (secondary N) is 1. The van der Waals surface area contributed by atoms with E-state index in [2.05, 4.69) is 15.6 Å². The highest BCUT2D eigenvalue weighted by Gasteiger charge is 2.39. The zero-order valence-electron chi connectivity index (χ0n) is 21.9. The van der Waals surface area contributed by atoms with Gasteiger partial charge in [-0.1, -0.05) is 31.2 Å². The van der Waals surface area contributed by atoms with Gasteiger partial charge in [-0.15, -0.1) is 0 Å². The quantitative estimate of drug-likeness (QED) is 0.270. The van der Waals surface area contributed by atoms with Crippen molar-refractivity contribution in [3.05, 3.63) is 70.7 Å². The van der Waals surface area contributed by atoms with Crippen LogP contribution in [-0.4, -0.2) is 41.9 Å². The molecule has 10 heteroatoms. The molecule has 0 fully saturated rings. The summed E-state index contributed by atoms with van der Waals surface area (Å²) in [7, 11) is 0. The van der Waals surface area contributed by atoms with Crippen molar-refractivity contribution in [1.82, 2.24) is 9.55 Å². The number of benzene rings is 2. The number of fused-ring (bicyclic) bond motifs is 5. The summed E-state index contributed by atoms with van der Waals surface area (Å²) in [5.74, 6) is 1.60. The van der Waals surface area contributed by atoms with Crippen LogP contribution >= 0.6 is 0 Å². The third kappa shape index (κ3) is 4.12. The first kappa shape index (κ1) is 24.7. The van der Waals surface area contributed by atoms with Gasteiger partial charge in [-0.05, 0) is 49.6 Å². The number of carbonyl (C=O) groups is 2. The highest BCUT2D eigenvalue weighted by molar-refractivity contribution is 5.86. The van der Waals surface area contributed by atoms with E-state index in [1.807, 2.05) is 43.3 Å². The molecule has 0 amide bonds. The first-order valence-electron chi connectivity index (χ1n) is 13.0. The Kier molecular flexibility index (Phi) is 6.30. The molecule has 0 saturated heterocycles. The maximum absolute atomic E-state index is 12.6. The van der Waals surface area contributed by atoms with Gasteiger partial charge in [0.05, 0.1) is 30.6 Å². The minimum Gasteiger partial charge on any atom is -0.454 e. The predicted molar refractivity (Wildman–Crippen MR) is 140 cm³/mol. The van der Waals surface area contributed by atoms with Crippen LogP contribution in [0.4, 0.5) is 9.59 Å². The highest BCUT2D eigenvalue weighted by atomic mass is 16.7. The van der Waals surface area contributed by atoms with Gasteiger partial charge in [0.2, 0.25) is 6.79 Å². The van der Waals surface area contributed by atoms with Crippen molar-refractivity contribution in [2.45, 2.75) is 39.7 Å². The first-order chi connectivity index (χ1) is 19.0. The summed E-state index contributed by atoms with van der Waals surface area (Å²) in [6, 6.07) is 13.5. The van der Waals surface area contributed by atoms with Crippen molar-refractivity contribution in [1.29, 1.82) is 0 Å². The van der Waals surface area contributed by atoms with E-state index in [0.717, 1.165) is 27.7 Å². The molecule has 2 aromatic carbocycles. The molecule has 0 radical (unpaired) electrons. The lowest BCUT2D eigenvalue weighted by atomic mass is 9.92. The third-order valence-electron chi connectivity index (χ3n) is 6.98. The number of para-hydroxylation sites is 1. The molecular formula is C29H28N2O8. The van der Waals surface area contributed by atoms with Gasteiger partial charge in [0, 0.05) is 23.0 Å². The summed E-state index contributed by atoms with van der Waals surface area (Å²) in [4.78, 5) is 28.7. The number of nitrogens with zero attached hydrogens (tertiary/aromatic N) is 1. The maximum Gasteiger partial charge on any atom is 0.514 e. The molecule has 1 unspecified atom stereocenters. The highest BCUT2D eigenvalue weighted by Crippen LogP contribution is 2.50. The van der Waals surface area contributed by atoms with Crippen molar-refractivity contribution in [3.8, 4) is 23.0 Å². The van der Waals surface area contributed by atoms with E-state index in [9.17, 15) is 9.59 Å². The van der Waals surface area contributed by atoms with E-state index >= 15 is 0 Å². The molecule has 2 aliphatic heterocycles.